The Balaban J connectivity index is 1.53. The van der Waals surface area contributed by atoms with Gasteiger partial charge in [0.1, 0.15) is 18.1 Å². The van der Waals surface area contributed by atoms with Gasteiger partial charge < -0.3 is 14.9 Å². The molecule has 0 aliphatic carbocycles. The Morgan fingerprint density at radius 2 is 1.81 bits per heavy atom. The molecule has 0 radical (unpaired) electrons. The summed E-state index contributed by atoms with van der Waals surface area (Å²) in [5.41, 5.74) is 6.16. The standard InChI is InChI=1S/C23H21ClN4O2S/c1-29-21-12-5-3-10-19(21)22-26-27-23(31)28(22)25-14-17-8-2-4-11-20(17)30-15-16-7-6-9-18(24)13-16/h2-13,25H,14-15H2,1H3,(H,27,31). The number of halogens is 1. The molecule has 2 N–H and O–H groups in total. The van der Waals surface area contributed by atoms with Crippen molar-refractivity contribution >= 4 is 23.8 Å². The lowest BCUT2D eigenvalue weighted by atomic mass is 10.2. The smallest absolute Gasteiger partial charge is 0.214 e. The van der Waals surface area contributed by atoms with E-state index in [4.69, 9.17) is 33.3 Å². The maximum absolute atomic E-state index is 6.07. The summed E-state index contributed by atoms with van der Waals surface area (Å²) in [4.78, 5) is 0. The zero-order valence-corrected chi connectivity index (χ0v) is 18.4. The number of nitrogens with one attached hydrogen (secondary N) is 2. The number of aromatic nitrogens is 3. The van der Waals surface area contributed by atoms with Gasteiger partial charge in [0.05, 0.1) is 19.2 Å². The minimum atomic E-state index is 0.426. The SMILES string of the molecule is COc1ccccc1-c1n[nH]c(=S)n1NCc1ccccc1OCc1cccc(Cl)c1. The molecule has 1 heterocycles. The summed E-state index contributed by atoms with van der Waals surface area (Å²) in [5.74, 6) is 2.13. The molecule has 0 saturated heterocycles. The van der Waals surface area contributed by atoms with E-state index in [9.17, 15) is 0 Å². The van der Waals surface area contributed by atoms with Gasteiger partial charge in [-0.3, -0.25) is 0 Å². The fourth-order valence-corrected chi connectivity index (χ4v) is 3.61. The van der Waals surface area contributed by atoms with Crippen molar-refractivity contribution in [3.8, 4) is 22.9 Å². The van der Waals surface area contributed by atoms with Gasteiger partial charge in [0.25, 0.3) is 0 Å². The van der Waals surface area contributed by atoms with E-state index in [1.54, 1.807) is 11.8 Å². The molecule has 0 amide bonds. The number of aromatic amines is 1. The Bertz CT molecular complexity index is 1240. The molecule has 6 nitrogen and oxygen atoms in total. The molecular weight excluding hydrogens is 432 g/mol. The second-order valence-electron chi connectivity index (χ2n) is 6.75. The summed E-state index contributed by atoms with van der Waals surface area (Å²) in [6.07, 6.45) is 0. The number of para-hydroxylation sites is 2. The molecule has 0 spiro atoms. The van der Waals surface area contributed by atoms with Gasteiger partial charge in [-0.15, -0.1) is 0 Å². The average Bonchev–Trinajstić information content (AvgIpc) is 3.17. The van der Waals surface area contributed by atoms with Crippen LogP contribution in [-0.4, -0.2) is 22.0 Å². The van der Waals surface area contributed by atoms with Crippen LogP contribution in [0.25, 0.3) is 11.4 Å². The Labute approximate surface area is 190 Å². The second kappa shape index (κ2) is 9.68. The van der Waals surface area contributed by atoms with Crippen molar-refractivity contribution < 1.29 is 9.47 Å². The number of nitrogens with zero attached hydrogens (tertiary/aromatic N) is 2. The van der Waals surface area contributed by atoms with Gasteiger partial charge in [-0.2, -0.15) is 5.10 Å². The van der Waals surface area contributed by atoms with E-state index in [0.29, 0.717) is 34.5 Å². The third-order valence-corrected chi connectivity index (χ3v) is 5.21. The van der Waals surface area contributed by atoms with E-state index in [1.807, 2.05) is 72.8 Å². The van der Waals surface area contributed by atoms with E-state index in [2.05, 4.69) is 15.6 Å². The van der Waals surface area contributed by atoms with E-state index in [1.165, 1.54) is 0 Å². The molecule has 0 atom stereocenters. The number of hydrogen-bond acceptors (Lipinski definition) is 5. The monoisotopic (exact) mass is 452 g/mol. The summed E-state index contributed by atoms with van der Waals surface area (Å²) in [6, 6.07) is 23.2. The van der Waals surface area contributed by atoms with Gasteiger partial charge in [0.15, 0.2) is 5.82 Å². The van der Waals surface area contributed by atoms with Crippen LogP contribution < -0.4 is 14.9 Å². The van der Waals surface area contributed by atoms with Gasteiger partial charge in [-0.25, -0.2) is 9.77 Å². The maximum Gasteiger partial charge on any atom is 0.214 e. The molecule has 158 valence electrons. The highest BCUT2D eigenvalue weighted by Crippen LogP contribution is 2.28. The van der Waals surface area contributed by atoms with Gasteiger partial charge in [0, 0.05) is 10.6 Å². The molecule has 0 unspecified atom stereocenters. The lowest BCUT2D eigenvalue weighted by molar-refractivity contribution is 0.303. The van der Waals surface area contributed by atoms with Crippen LogP contribution in [0.15, 0.2) is 72.8 Å². The first-order chi connectivity index (χ1) is 15.2. The fourth-order valence-electron chi connectivity index (χ4n) is 3.20. The van der Waals surface area contributed by atoms with Crippen LogP contribution in [0.4, 0.5) is 0 Å². The van der Waals surface area contributed by atoms with Crippen LogP contribution in [0.2, 0.25) is 5.02 Å². The van der Waals surface area contributed by atoms with E-state index in [-0.39, 0.29) is 0 Å². The number of methoxy groups -OCH3 is 1. The molecule has 0 aliphatic heterocycles. The summed E-state index contributed by atoms with van der Waals surface area (Å²) in [7, 11) is 1.63. The van der Waals surface area contributed by atoms with Gasteiger partial charge in [-0.05, 0) is 48.1 Å². The summed E-state index contributed by atoms with van der Waals surface area (Å²) in [5, 5.41) is 7.91. The van der Waals surface area contributed by atoms with Crippen molar-refractivity contribution in [2.75, 3.05) is 12.5 Å². The number of rotatable bonds is 8. The van der Waals surface area contributed by atoms with Crippen molar-refractivity contribution in [3.05, 3.63) is 93.7 Å². The number of H-pyrrole nitrogens is 1. The molecule has 4 rings (SSSR count). The van der Waals surface area contributed by atoms with Crippen LogP contribution in [0.3, 0.4) is 0 Å². The topological polar surface area (TPSA) is 64.1 Å². The van der Waals surface area contributed by atoms with Crippen LogP contribution in [0.5, 0.6) is 11.5 Å². The largest absolute Gasteiger partial charge is 0.496 e. The molecule has 0 aliphatic rings. The van der Waals surface area contributed by atoms with Gasteiger partial charge >= 0.3 is 0 Å². The van der Waals surface area contributed by atoms with Crippen LogP contribution in [0.1, 0.15) is 11.1 Å². The van der Waals surface area contributed by atoms with Crippen molar-refractivity contribution in [2.24, 2.45) is 0 Å². The summed E-state index contributed by atoms with van der Waals surface area (Å²) >= 11 is 11.5. The molecule has 3 aromatic carbocycles. The molecule has 4 aromatic rings. The Morgan fingerprint density at radius 3 is 2.61 bits per heavy atom. The Hall–Kier alpha value is -3.29. The van der Waals surface area contributed by atoms with Gasteiger partial charge in [-0.1, -0.05) is 54.1 Å². The number of benzene rings is 3. The maximum atomic E-state index is 6.07. The van der Waals surface area contributed by atoms with Crippen LogP contribution >= 0.6 is 23.8 Å². The first kappa shape index (κ1) is 21.0. The van der Waals surface area contributed by atoms with E-state index < -0.39 is 0 Å². The van der Waals surface area contributed by atoms with Crippen molar-refractivity contribution in [1.82, 2.24) is 14.9 Å². The lowest BCUT2D eigenvalue weighted by Crippen LogP contribution is -2.16. The Morgan fingerprint density at radius 1 is 1.03 bits per heavy atom. The van der Waals surface area contributed by atoms with E-state index in [0.717, 1.165) is 22.4 Å². The molecule has 31 heavy (non-hydrogen) atoms. The van der Waals surface area contributed by atoms with Crippen LogP contribution in [0, 0.1) is 4.77 Å². The minimum absolute atomic E-state index is 0.426. The van der Waals surface area contributed by atoms with E-state index >= 15 is 0 Å². The highest BCUT2D eigenvalue weighted by atomic mass is 35.5. The minimum Gasteiger partial charge on any atom is -0.496 e. The third kappa shape index (κ3) is 4.90. The lowest BCUT2D eigenvalue weighted by Gasteiger charge is -2.15. The molecule has 8 heteroatoms. The average molecular weight is 453 g/mol. The molecule has 0 fully saturated rings. The summed E-state index contributed by atoms with van der Waals surface area (Å²) < 4.78 is 13.7. The predicted octanol–water partition coefficient (Wildman–Crippen LogP) is 5.59. The van der Waals surface area contributed by atoms with Crippen LogP contribution in [-0.2, 0) is 13.2 Å². The first-order valence-corrected chi connectivity index (χ1v) is 10.4. The highest BCUT2D eigenvalue weighted by Gasteiger charge is 2.14. The molecule has 0 bridgehead atoms. The number of ether oxygens (including phenoxy) is 2. The third-order valence-electron chi connectivity index (χ3n) is 4.70. The quantitative estimate of drug-likeness (QED) is 0.341. The zero-order chi connectivity index (χ0) is 21.6. The fraction of sp³-hybridized carbons (Fsp3) is 0.130. The molecule has 1 aromatic heterocycles. The van der Waals surface area contributed by atoms with Gasteiger partial charge in [0.2, 0.25) is 4.77 Å². The van der Waals surface area contributed by atoms with Crippen molar-refractivity contribution in [3.63, 3.8) is 0 Å². The van der Waals surface area contributed by atoms with Crippen molar-refractivity contribution in [2.45, 2.75) is 13.2 Å². The number of hydrogen-bond donors (Lipinski definition) is 2. The predicted molar refractivity (Wildman–Crippen MR) is 125 cm³/mol. The molecule has 0 saturated carbocycles. The highest BCUT2D eigenvalue weighted by molar-refractivity contribution is 7.71. The molecular formula is C23H21ClN4O2S. The Kier molecular flexibility index (Phi) is 6.54. The first-order valence-electron chi connectivity index (χ1n) is 9.65. The normalized spacial score (nSPS) is 10.6. The van der Waals surface area contributed by atoms with Crippen molar-refractivity contribution in [1.29, 1.82) is 0 Å². The zero-order valence-electron chi connectivity index (χ0n) is 16.8. The second-order valence-corrected chi connectivity index (χ2v) is 7.57. The summed E-state index contributed by atoms with van der Waals surface area (Å²) in [6.45, 7) is 0.914.